The first-order valence-electron chi connectivity index (χ1n) is 7.72. The summed E-state index contributed by atoms with van der Waals surface area (Å²) in [6, 6.07) is 12.2. The number of sulfone groups is 1. The number of nitrogens with zero attached hydrogens (tertiary/aromatic N) is 1. The first-order valence-corrected chi connectivity index (χ1v) is 10.4. The molecular formula is C19H14FNO4S2. The van der Waals surface area contributed by atoms with Crippen LogP contribution < -0.4 is 0 Å². The van der Waals surface area contributed by atoms with Gasteiger partial charge in [0.15, 0.2) is 9.84 Å². The third kappa shape index (κ3) is 4.47. The predicted octanol–water partition coefficient (Wildman–Crippen LogP) is 4.12. The lowest BCUT2D eigenvalue weighted by Crippen LogP contribution is -1.96. The molecule has 0 aliphatic heterocycles. The smallest absolute Gasteiger partial charge is 0.328 e. The lowest BCUT2D eigenvalue weighted by molar-refractivity contribution is -0.131. The fraction of sp³-hybridized carbons (Fsp3) is 0.0526. The molecule has 1 heterocycles. The molecule has 0 fully saturated rings. The van der Waals surface area contributed by atoms with E-state index in [1.54, 1.807) is 24.3 Å². The Morgan fingerprint density at radius 3 is 2.22 bits per heavy atom. The Hall–Kier alpha value is -2.84. The van der Waals surface area contributed by atoms with E-state index in [2.05, 4.69) is 4.98 Å². The molecule has 0 amide bonds. The van der Waals surface area contributed by atoms with Gasteiger partial charge in [-0.2, -0.15) is 0 Å². The number of hydrogen-bond donors (Lipinski definition) is 1. The van der Waals surface area contributed by atoms with Crippen molar-refractivity contribution in [3.63, 3.8) is 0 Å². The van der Waals surface area contributed by atoms with E-state index in [1.807, 2.05) is 0 Å². The van der Waals surface area contributed by atoms with Crippen LogP contribution in [0.4, 0.5) is 4.39 Å². The van der Waals surface area contributed by atoms with Gasteiger partial charge in [-0.1, -0.05) is 12.1 Å². The molecular weight excluding hydrogens is 389 g/mol. The summed E-state index contributed by atoms with van der Waals surface area (Å²) < 4.78 is 36.5. The van der Waals surface area contributed by atoms with Crippen molar-refractivity contribution in [2.45, 2.75) is 4.90 Å². The molecule has 27 heavy (non-hydrogen) atoms. The highest BCUT2D eigenvalue weighted by Crippen LogP contribution is 2.37. The number of hydrogen-bond acceptors (Lipinski definition) is 5. The van der Waals surface area contributed by atoms with Crippen molar-refractivity contribution in [2.75, 3.05) is 6.26 Å². The molecule has 5 nitrogen and oxygen atoms in total. The third-order valence-electron chi connectivity index (χ3n) is 3.67. The van der Waals surface area contributed by atoms with Crippen LogP contribution in [0.15, 0.2) is 59.5 Å². The number of aliphatic carboxylic acids is 1. The van der Waals surface area contributed by atoms with Crippen LogP contribution >= 0.6 is 11.3 Å². The highest BCUT2D eigenvalue weighted by molar-refractivity contribution is 7.90. The number of carboxylic acids is 1. The average Bonchev–Trinajstić information content (AvgIpc) is 3.04. The molecule has 2 aromatic carbocycles. The first-order chi connectivity index (χ1) is 12.7. The van der Waals surface area contributed by atoms with E-state index < -0.39 is 15.8 Å². The summed E-state index contributed by atoms with van der Waals surface area (Å²) in [5.74, 6) is -1.47. The molecule has 138 valence electrons. The van der Waals surface area contributed by atoms with Crippen molar-refractivity contribution in [1.29, 1.82) is 0 Å². The highest BCUT2D eigenvalue weighted by atomic mass is 32.2. The third-order valence-corrected chi connectivity index (χ3v) is 5.87. The van der Waals surface area contributed by atoms with E-state index in [4.69, 9.17) is 5.11 Å². The van der Waals surface area contributed by atoms with Gasteiger partial charge in [-0.25, -0.2) is 22.6 Å². The van der Waals surface area contributed by atoms with Gasteiger partial charge in [0.1, 0.15) is 10.8 Å². The Morgan fingerprint density at radius 1 is 1.07 bits per heavy atom. The summed E-state index contributed by atoms with van der Waals surface area (Å²) in [4.78, 5) is 16.1. The van der Waals surface area contributed by atoms with E-state index in [9.17, 15) is 17.6 Å². The second-order valence-electron chi connectivity index (χ2n) is 5.70. The maximum absolute atomic E-state index is 13.2. The zero-order chi connectivity index (χ0) is 19.6. The van der Waals surface area contributed by atoms with E-state index in [0.717, 1.165) is 22.8 Å². The van der Waals surface area contributed by atoms with Gasteiger partial charge in [0, 0.05) is 17.9 Å². The van der Waals surface area contributed by atoms with Crippen molar-refractivity contribution in [3.8, 4) is 21.7 Å². The van der Waals surface area contributed by atoms with Crippen LogP contribution in [-0.2, 0) is 14.6 Å². The van der Waals surface area contributed by atoms with Gasteiger partial charge in [-0.15, -0.1) is 11.3 Å². The van der Waals surface area contributed by atoms with Gasteiger partial charge in [0.2, 0.25) is 0 Å². The molecule has 1 aromatic heterocycles. The van der Waals surface area contributed by atoms with Gasteiger partial charge in [-0.05, 0) is 48.0 Å². The zero-order valence-electron chi connectivity index (χ0n) is 14.1. The van der Waals surface area contributed by atoms with Gasteiger partial charge < -0.3 is 5.11 Å². The SMILES string of the molecule is CS(=O)(=O)c1ccc(-c2sc(/C=C/C(=O)O)nc2-c2ccc(F)cc2)cc1. The molecule has 0 bridgehead atoms. The monoisotopic (exact) mass is 403 g/mol. The summed E-state index contributed by atoms with van der Waals surface area (Å²) in [6.07, 6.45) is 3.51. The Labute approximate surface area is 159 Å². The maximum Gasteiger partial charge on any atom is 0.328 e. The predicted molar refractivity (Wildman–Crippen MR) is 103 cm³/mol. The first kappa shape index (κ1) is 18.9. The van der Waals surface area contributed by atoms with Crippen LogP contribution in [0.1, 0.15) is 5.01 Å². The molecule has 0 saturated heterocycles. The molecule has 3 aromatic rings. The number of aromatic nitrogens is 1. The molecule has 0 radical (unpaired) electrons. The number of halogens is 1. The van der Waals surface area contributed by atoms with Crippen molar-refractivity contribution < 1.29 is 22.7 Å². The van der Waals surface area contributed by atoms with Crippen molar-refractivity contribution in [3.05, 3.63) is 65.4 Å². The van der Waals surface area contributed by atoms with Gasteiger partial charge in [-0.3, -0.25) is 0 Å². The zero-order valence-corrected chi connectivity index (χ0v) is 15.7. The molecule has 3 rings (SSSR count). The Bertz CT molecular complexity index is 1120. The van der Waals surface area contributed by atoms with Gasteiger partial charge >= 0.3 is 5.97 Å². The minimum atomic E-state index is -3.31. The van der Waals surface area contributed by atoms with Crippen LogP contribution in [0.5, 0.6) is 0 Å². The molecule has 0 atom stereocenters. The summed E-state index contributed by atoms with van der Waals surface area (Å²) in [5.41, 5.74) is 1.97. The van der Waals surface area contributed by atoms with Gasteiger partial charge in [0.05, 0.1) is 15.5 Å². The maximum atomic E-state index is 13.2. The summed E-state index contributed by atoms with van der Waals surface area (Å²) in [6.45, 7) is 0. The molecule has 0 saturated carbocycles. The fourth-order valence-electron chi connectivity index (χ4n) is 2.40. The number of carboxylic acid groups (broad SMARTS) is 1. The van der Waals surface area contributed by atoms with E-state index in [0.29, 0.717) is 16.3 Å². The fourth-order valence-corrected chi connectivity index (χ4v) is 4.03. The largest absolute Gasteiger partial charge is 0.478 e. The van der Waals surface area contributed by atoms with Crippen LogP contribution in [0.25, 0.3) is 27.8 Å². The minimum absolute atomic E-state index is 0.199. The van der Waals surface area contributed by atoms with E-state index in [1.165, 1.54) is 41.7 Å². The quantitative estimate of drug-likeness (QED) is 0.648. The lowest BCUT2D eigenvalue weighted by Gasteiger charge is -2.04. The summed E-state index contributed by atoms with van der Waals surface area (Å²) in [7, 11) is -3.31. The Balaban J connectivity index is 2.12. The molecule has 0 aliphatic rings. The highest BCUT2D eigenvalue weighted by Gasteiger charge is 2.15. The average molecular weight is 403 g/mol. The normalized spacial score (nSPS) is 11.8. The topological polar surface area (TPSA) is 84.3 Å². The summed E-state index contributed by atoms with van der Waals surface area (Å²) in [5, 5.41) is 9.28. The standard InChI is InChI=1S/C19H14FNO4S2/c1-27(24,25)15-8-4-13(5-9-15)19-18(12-2-6-14(20)7-3-12)21-16(26-19)10-11-17(22)23/h2-11H,1H3,(H,22,23)/b11-10+. The summed E-state index contributed by atoms with van der Waals surface area (Å²) >= 11 is 1.26. The van der Waals surface area contributed by atoms with Crippen LogP contribution in [0, 0.1) is 5.82 Å². The van der Waals surface area contributed by atoms with Crippen LogP contribution in [0.2, 0.25) is 0 Å². The van der Waals surface area contributed by atoms with Gasteiger partial charge in [0.25, 0.3) is 0 Å². The molecule has 8 heteroatoms. The molecule has 0 spiro atoms. The molecule has 0 unspecified atom stereocenters. The number of rotatable bonds is 5. The van der Waals surface area contributed by atoms with Crippen molar-refractivity contribution in [2.24, 2.45) is 0 Å². The Morgan fingerprint density at radius 2 is 1.67 bits per heavy atom. The van der Waals surface area contributed by atoms with Crippen molar-refractivity contribution >= 4 is 33.2 Å². The van der Waals surface area contributed by atoms with E-state index >= 15 is 0 Å². The lowest BCUT2D eigenvalue weighted by atomic mass is 10.1. The second kappa shape index (κ2) is 7.42. The molecule has 0 aliphatic carbocycles. The number of benzene rings is 2. The number of carbonyl (C=O) groups is 1. The van der Waals surface area contributed by atoms with Crippen LogP contribution in [-0.4, -0.2) is 30.7 Å². The second-order valence-corrected chi connectivity index (χ2v) is 8.75. The number of thiazole rings is 1. The van der Waals surface area contributed by atoms with E-state index in [-0.39, 0.29) is 10.7 Å². The van der Waals surface area contributed by atoms with Crippen LogP contribution in [0.3, 0.4) is 0 Å². The Kier molecular flexibility index (Phi) is 5.20. The van der Waals surface area contributed by atoms with Crippen molar-refractivity contribution in [1.82, 2.24) is 4.98 Å². The minimum Gasteiger partial charge on any atom is -0.478 e. The molecule has 1 N–H and O–H groups in total.